The minimum Gasteiger partial charge on any atom is -0.294 e. The topological polar surface area (TPSA) is 66.5 Å². The fraction of sp³-hybridized carbons (Fsp3) is 0.714. The minimum atomic E-state index is -1.20. The van der Waals surface area contributed by atoms with E-state index in [9.17, 15) is 13.8 Å². The van der Waals surface area contributed by atoms with Crippen molar-refractivity contribution in [3.63, 3.8) is 0 Å². The number of imide groups is 1. The van der Waals surface area contributed by atoms with Gasteiger partial charge in [0, 0.05) is 5.75 Å². The van der Waals surface area contributed by atoms with Gasteiger partial charge in [-0.05, 0) is 6.42 Å². The third-order valence-corrected chi connectivity index (χ3v) is 3.18. The van der Waals surface area contributed by atoms with E-state index < -0.39 is 11.0 Å². The molecule has 0 bridgehead atoms. The summed E-state index contributed by atoms with van der Waals surface area (Å²) in [5.41, 5.74) is 0. The molecule has 0 aromatic rings. The number of hydrogen-bond acceptors (Lipinski definition) is 3. The number of amides is 2. The molecule has 2 amide bonds. The Morgan fingerprint density at radius 2 is 1.92 bits per heavy atom. The van der Waals surface area contributed by atoms with Gasteiger partial charge in [0.1, 0.15) is 0 Å². The first kappa shape index (κ1) is 10.3. The Hall–Kier alpha value is -0.750. The largest absolute Gasteiger partial charge is 0.294 e. The molecule has 0 saturated carbocycles. The highest BCUT2D eigenvalue weighted by atomic mass is 32.2. The number of nitrogens with one attached hydrogen (secondary N) is 1. The van der Waals surface area contributed by atoms with Gasteiger partial charge in [0.15, 0.2) is 0 Å². The van der Waals surface area contributed by atoms with Gasteiger partial charge in [-0.1, -0.05) is 6.92 Å². The zero-order chi connectivity index (χ0) is 9.84. The van der Waals surface area contributed by atoms with Crippen LogP contribution in [0.4, 0.5) is 0 Å². The predicted octanol–water partition coefficient (Wildman–Crippen LogP) is -0.981. The Bertz CT molecular complexity index is 238. The van der Waals surface area contributed by atoms with E-state index in [0.29, 0.717) is 5.75 Å². The van der Waals surface area contributed by atoms with Crippen LogP contribution in [0.15, 0.2) is 0 Å². The zero-order valence-electron chi connectivity index (χ0n) is 7.41. The molecule has 0 radical (unpaired) electrons. The van der Waals surface area contributed by atoms with E-state index in [1.54, 1.807) is 0 Å². The molecule has 0 spiro atoms. The SMILES string of the molecule is CCCS(=O)N1CC(=O)NC(=O)C1. The van der Waals surface area contributed by atoms with Crippen LogP contribution >= 0.6 is 0 Å². The van der Waals surface area contributed by atoms with E-state index in [1.807, 2.05) is 6.92 Å². The van der Waals surface area contributed by atoms with Crippen LogP contribution in [0.3, 0.4) is 0 Å². The molecule has 1 heterocycles. The maximum atomic E-state index is 11.4. The Morgan fingerprint density at radius 3 is 2.38 bits per heavy atom. The average Bonchev–Trinajstić information content (AvgIpc) is 2.03. The van der Waals surface area contributed by atoms with Gasteiger partial charge >= 0.3 is 0 Å². The molecule has 1 unspecified atom stereocenters. The van der Waals surface area contributed by atoms with Gasteiger partial charge in [0.05, 0.1) is 24.1 Å². The summed E-state index contributed by atoms with van der Waals surface area (Å²) in [4.78, 5) is 21.8. The van der Waals surface area contributed by atoms with Crippen molar-refractivity contribution in [2.75, 3.05) is 18.8 Å². The van der Waals surface area contributed by atoms with Crippen LogP contribution in [-0.4, -0.2) is 39.2 Å². The normalized spacial score (nSPS) is 21.3. The Balaban J connectivity index is 2.54. The fourth-order valence-electron chi connectivity index (χ4n) is 1.06. The van der Waals surface area contributed by atoms with Gasteiger partial charge in [-0.15, -0.1) is 0 Å². The quantitative estimate of drug-likeness (QED) is 0.601. The molecular weight excluding hydrogens is 192 g/mol. The molecule has 1 saturated heterocycles. The average molecular weight is 204 g/mol. The van der Waals surface area contributed by atoms with Gasteiger partial charge in [0.2, 0.25) is 11.8 Å². The van der Waals surface area contributed by atoms with Crippen molar-refractivity contribution in [2.24, 2.45) is 0 Å². The molecule has 1 aliphatic rings. The third kappa shape index (κ3) is 2.89. The van der Waals surface area contributed by atoms with Crippen molar-refractivity contribution in [3.05, 3.63) is 0 Å². The van der Waals surface area contributed by atoms with Crippen LogP contribution in [0.25, 0.3) is 0 Å². The molecule has 5 nitrogen and oxygen atoms in total. The summed E-state index contributed by atoms with van der Waals surface area (Å²) in [6.07, 6.45) is 0.777. The Kier molecular flexibility index (Phi) is 3.56. The van der Waals surface area contributed by atoms with Crippen LogP contribution in [0.2, 0.25) is 0 Å². The Labute approximate surface area is 79.1 Å². The zero-order valence-corrected chi connectivity index (χ0v) is 8.23. The van der Waals surface area contributed by atoms with Crippen molar-refractivity contribution < 1.29 is 13.8 Å². The lowest BCUT2D eigenvalue weighted by atomic mass is 10.4. The summed E-state index contributed by atoms with van der Waals surface area (Å²) in [6.45, 7) is 2.01. The number of piperazine rings is 1. The maximum absolute atomic E-state index is 11.4. The summed E-state index contributed by atoms with van der Waals surface area (Å²) < 4.78 is 12.8. The van der Waals surface area contributed by atoms with E-state index in [2.05, 4.69) is 5.32 Å². The molecule has 0 aromatic carbocycles. The number of nitrogens with zero attached hydrogens (tertiary/aromatic N) is 1. The molecule has 1 fully saturated rings. The highest BCUT2D eigenvalue weighted by molar-refractivity contribution is 7.82. The molecule has 1 atom stereocenters. The van der Waals surface area contributed by atoms with Gasteiger partial charge < -0.3 is 0 Å². The third-order valence-electron chi connectivity index (χ3n) is 1.59. The van der Waals surface area contributed by atoms with Gasteiger partial charge in [-0.25, -0.2) is 8.51 Å². The van der Waals surface area contributed by atoms with E-state index >= 15 is 0 Å². The van der Waals surface area contributed by atoms with E-state index in [4.69, 9.17) is 0 Å². The second-order valence-corrected chi connectivity index (χ2v) is 4.36. The van der Waals surface area contributed by atoms with E-state index in [-0.39, 0.29) is 24.9 Å². The van der Waals surface area contributed by atoms with E-state index in [1.165, 1.54) is 4.31 Å². The van der Waals surface area contributed by atoms with Gasteiger partial charge in [-0.3, -0.25) is 14.9 Å². The summed E-state index contributed by atoms with van der Waals surface area (Å²) >= 11 is 0. The summed E-state index contributed by atoms with van der Waals surface area (Å²) in [5.74, 6) is -0.248. The van der Waals surface area contributed by atoms with Crippen molar-refractivity contribution in [3.8, 4) is 0 Å². The van der Waals surface area contributed by atoms with Crippen molar-refractivity contribution in [1.82, 2.24) is 9.62 Å². The predicted molar refractivity (Wildman–Crippen MR) is 48.0 cm³/mol. The number of hydrogen-bond donors (Lipinski definition) is 1. The lowest BCUT2D eigenvalue weighted by Gasteiger charge is -2.23. The fourth-order valence-corrected chi connectivity index (χ4v) is 2.19. The molecule has 74 valence electrons. The van der Waals surface area contributed by atoms with Crippen LogP contribution in [0.5, 0.6) is 0 Å². The molecule has 1 aliphatic heterocycles. The van der Waals surface area contributed by atoms with Crippen molar-refractivity contribution in [1.29, 1.82) is 0 Å². The first-order chi connectivity index (χ1) is 6.13. The molecule has 1 N–H and O–H groups in total. The lowest BCUT2D eigenvalue weighted by molar-refractivity contribution is -0.133. The number of carbonyl (C=O) groups excluding carboxylic acids is 2. The lowest BCUT2D eigenvalue weighted by Crippen LogP contribution is -2.52. The molecule has 13 heavy (non-hydrogen) atoms. The molecule has 0 aromatic heterocycles. The van der Waals surface area contributed by atoms with E-state index in [0.717, 1.165) is 6.42 Å². The number of carbonyl (C=O) groups is 2. The molecule has 0 aliphatic carbocycles. The first-order valence-electron chi connectivity index (χ1n) is 4.09. The van der Waals surface area contributed by atoms with Crippen LogP contribution in [-0.2, 0) is 20.6 Å². The first-order valence-corrected chi connectivity index (χ1v) is 5.37. The van der Waals surface area contributed by atoms with Gasteiger partial charge in [-0.2, -0.15) is 0 Å². The summed E-state index contributed by atoms with van der Waals surface area (Å²) in [7, 11) is -1.20. The second-order valence-electron chi connectivity index (χ2n) is 2.79. The maximum Gasteiger partial charge on any atom is 0.241 e. The summed E-state index contributed by atoms with van der Waals surface area (Å²) in [5, 5.41) is 2.15. The smallest absolute Gasteiger partial charge is 0.241 e. The van der Waals surface area contributed by atoms with Crippen LogP contribution in [0.1, 0.15) is 13.3 Å². The minimum absolute atomic E-state index is 0.0539. The number of rotatable bonds is 3. The summed E-state index contributed by atoms with van der Waals surface area (Å²) in [6, 6.07) is 0. The van der Waals surface area contributed by atoms with Gasteiger partial charge in [0.25, 0.3) is 0 Å². The Morgan fingerprint density at radius 1 is 1.38 bits per heavy atom. The highest BCUT2D eigenvalue weighted by Gasteiger charge is 2.25. The second kappa shape index (κ2) is 4.48. The monoisotopic (exact) mass is 204 g/mol. The van der Waals surface area contributed by atoms with Crippen molar-refractivity contribution in [2.45, 2.75) is 13.3 Å². The standard InChI is InChI=1S/C7H12N2O3S/c1-2-3-13(12)9-4-6(10)8-7(11)5-9/h2-5H2,1H3,(H,8,10,11). The molecule has 1 rings (SSSR count). The molecular formula is C7H12N2O3S. The van der Waals surface area contributed by atoms with Crippen molar-refractivity contribution >= 4 is 22.8 Å². The highest BCUT2D eigenvalue weighted by Crippen LogP contribution is 2.00. The van der Waals surface area contributed by atoms with Crippen LogP contribution in [0, 0.1) is 0 Å². The molecule has 6 heteroatoms. The van der Waals surface area contributed by atoms with Crippen LogP contribution < -0.4 is 5.32 Å².